The molecule has 1 atom stereocenters. The Kier molecular flexibility index (Phi) is 5.82. The lowest BCUT2D eigenvalue weighted by molar-refractivity contribution is -0.160. The van der Waals surface area contributed by atoms with Crippen LogP contribution in [0.5, 0.6) is 0 Å². The third-order valence-corrected chi connectivity index (χ3v) is 2.14. The number of hydrogen-bond donors (Lipinski definition) is 0. The standard InChI is InChI=1S/C12H24O2/c1-6-8-9-10(7-2)11(13)14-12(3,4)5/h10H,6-9H2,1-5H3. The van der Waals surface area contributed by atoms with Crippen LogP contribution in [-0.4, -0.2) is 11.6 Å². The molecule has 0 saturated heterocycles. The normalized spacial score (nSPS) is 13.8. The third kappa shape index (κ3) is 6.01. The van der Waals surface area contributed by atoms with Crippen molar-refractivity contribution in [3.63, 3.8) is 0 Å². The first-order valence-corrected chi connectivity index (χ1v) is 5.63. The molecule has 0 heterocycles. The second-order valence-corrected chi connectivity index (χ2v) is 4.78. The van der Waals surface area contributed by atoms with Crippen LogP contribution >= 0.6 is 0 Å². The summed E-state index contributed by atoms with van der Waals surface area (Å²) in [7, 11) is 0. The van der Waals surface area contributed by atoms with Crippen LogP contribution in [-0.2, 0) is 9.53 Å². The van der Waals surface area contributed by atoms with Gasteiger partial charge in [0.25, 0.3) is 0 Å². The van der Waals surface area contributed by atoms with E-state index in [1.54, 1.807) is 0 Å². The molecular formula is C12H24O2. The molecule has 0 fully saturated rings. The molecule has 0 aromatic carbocycles. The molecule has 2 nitrogen and oxygen atoms in total. The van der Waals surface area contributed by atoms with Gasteiger partial charge in [-0.05, 0) is 33.6 Å². The number of rotatable bonds is 5. The number of hydrogen-bond acceptors (Lipinski definition) is 2. The van der Waals surface area contributed by atoms with Gasteiger partial charge in [-0.25, -0.2) is 0 Å². The fourth-order valence-corrected chi connectivity index (χ4v) is 1.32. The van der Waals surface area contributed by atoms with Crippen molar-refractivity contribution in [3.8, 4) is 0 Å². The molecule has 0 rings (SSSR count). The molecular weight excluding hydrogens is 176 g/mol. The summed E-state index contributed by atoms with van der Waals surface area (Å²) in [4.78, 5) is 11.7. The molecule has 0 N–H and O–H groups in total. The Bertz CT molecular complexity index is 168. The Morgan fingerprint density at radius 1 is 1.29 bits per heavy atom. The van der Waals surface area contributed by atoms with Crippen molar-refractivity contribution >= 4 is 5.97 Å². The van der Waals surface area contributed by atoms with Crippen LogP contribution in [0.2, 0.25) is 0 Å². The van der Waals surface area contributed by atoms with E-state index in [1.165, 1.54) is 0 Å². The molecule has 0 saturated carbocycles. The van der Waals surface area contributed by atoms with Gasteiger partial charge in [-0.2, -0.15) is 0 Å². The Labute approximate surface area is 88.0 Å². The van der Waals surface area contributed by atoms with Crippen LogP contribution < -0.4 is 0 Å². The van der Waals surface area contributed by atoms with Gasteiger partial charge in [-0.3, -0.25) is 4.79 Å². The van der Waals surface area contributed by atoms with Crippen molar-refractivity contribution in [2.45, 2.75) is 65.9 Å². The number of unbranched alkanes of at least 4 members (excludes halogenated alkanes) is 1. The Balaban J connectivity index is 4.04. The highest BCUT2D eigenvalue weighted by molar-refractivity contribution is 5.72. The average Bonchev–Trinajstić information content (AvgIpc) is 2.02. The van der Waals surface area contributed by atoms with Gasteiger partial charge >= 0.3 is 5.97 Å². The summed E-state index contributed by atoms with van der Waals surface area (Å²) in [6.45, 7) is 9.93. The summed E-state index contributed by atoms with van der Waals surface area (Å²) in [6, 6.07) is 0. The second kappa shape index (κ2) is 6.05. The Hall–Kier alpha value is -0.530. The SMILES string of the molecule is CCCCC(CC)C(=O)OC(C)(C)C. The number of ether oxygens (including phenoxy) is 1. The van der Waals surface area contributed by atoms with Crippen LogP contribution in [0.3, 0.4) is 0 Å². The van der Waals surface area contributed by atoms with E-state index in [2.05, 4.69) is 6.92 Å². The first-order chi connectivity index (χ1) is 6.40. The van der Waals surface area contributed by atoms with Gasteiger partial charge < -0.3 is 4.74 Å². The summed E-state index contributed by atoms with van der Waals surface area (Å²) in [6.07, 6.45) is 4.09. The maximum atomic E-state index is 11.7. The van der Waals surface area contributed by atoms with E-state index in [1.807, 2.05) is 27.7 Å². The molecule has 2 heteroatoms. The van der Waals surface area contributed by atoms with Gasteiger partial charge in [0.05, 0.1) is 5.92 Å². The largest absolute Gasteiger partial charge is 0.460 e. The fraction of sp³-hybridized carbons (Fsp3) is 0.917. The van der Waals surface area contributed by atoms with E-state index < -0.39 is 0 Å². The lowest BCUT2D eigenvalue weighted by Gasteiger charge is -2.23. The molecule has 0 aromatic rings. The van der Waals surface area contributed by atoms with Crippen molar-refractivity contribution in [2.24, 2.45) is 5.92 Å². The Morgan fingerprint density at radius 3 is 2.21 bits per heavy atom. The summed E-state index contributed by atoms with van der Waals surface area (Å²) < 4.78 is 5.35. The van der Waals surface area contributed by atoms with Gasteiger partial charge in [0.1, 0.15) is 5.60 Å². The number of carbonyl (C=O) groups is 1. The summed E-state index contributed by atoms with van der Waals surface area (Å²) in [5.74, 6) is 0.0580. The predicted octanol–water partition coefficient (Wildman–Crippen LogP) is 3.54. The topological polar surface area (TPSA) is 26.3 Å². The van der Waals surface area contributed by atoms with E-state index in [9.17, 15) is 4.79 Å². The highest BCUT2D eigenvalue weighted by atomic mass is 16.6. The molecule has 0 aliphatic rings. The van der Waals surface area contributed by atoms with Crippen LogP contribution in [0.15, 0.2) is 0 Å². The third-order valence-electron chi connectivity index (χ3n) is 2.14. The van der Waals surface area contributed by atoms with Gasteiger partial charge in [-0.1, -0.05) is 26.7 Å². The zero-order chi connectivity index (χ0) is 11.2. The zero-order valence-electron chi connectivity index (χ0n) is 10.2. The van der Waals surface area contributed by atoms with Crippen LogP contribution in [0.25, 0.3) is 0 Å². The minimum Gasteiger partial charge on any atom is -0.460 e. The van der Waals surface area contributed by atoms with E-state index >= 15 is 0 Å². The van der Waals surface area contributed by atoms with Crippen LogP contribution in [0.1, 0.15) is 60.3 Å². The first-order valence-electron chi connectivity index (χ1n) is 5.63. The maximum absolute atomic E-state index is 11.7. The number of carbonyl (C=O) groups excluding carboxylic acids is 1. The molecule has 0 bridgehead atoms. The minimum atomic E-state index is -0.350. The van der Waals surface area contributed by atoms with Crippen LogP contribution in [0.4, 0.5) is 0 Å². The first kappa shape index (κ1) is 13.5. The smallest absolute Gasteiger partial charge is 0.309 e. The van der Waals surface area contributed by atoms with Gasteiger partial charge in [0.2, 0.25) is 0 Å². The average molecular weight is 200 g/mol. The van der Waals surface area contributed by atoms with Crippen LogP contribution in [0, 0.1) is 5.92 Å². The lowest BCUT2D eigenvalue weighted by Crippen LogP contribution is -2.28. The van der Waals surface area contributed by atoms with Gasteiger partial charge in [-0.15, -0.1) is 0 Å². The molecule has 1 unspecified atom stereocenters. The highest BCUT2D eigenvalue weighted by Gasteiger charge is 2.22. The van der Waals surface area contributed by atoms with Crippen molar-refractivity contribution in [1.29, 1.82) is 0 Å². The molecule has 0 amide bonds. The quantitative estimate of drug-likeness (QED) is 0.634. The molecule has 14 heavy (non-hydrogen) atoms. The van der Waals surface area contributed by atoms with E-state index in [4.69, 9.17) is 4.74 Å². The summed E-state index contributed by atoms with van der Waals surface area (Å²) >= 11 is 0. The monoisotopic (exact) mass is 200 g/mol. The molecule has 0 aliphatic heterocycles. The molecule has 84 valence electrons. The summed E-state index contributed by atoms with van der Waals surface area (Å²) in [5.41, 5.74) is -0.350. The maximum Gasteiger partial charge on any atom is 0.309 e. The highest BCUT2D eigenvalue weighted by Crippen LogP contribution is 2.18. The molecule has 0 spiro atoms. The lowest BCUT2D eigenvalue weighted by atomic mass is 9.99. The molecule has 0 radical (unpaired) electrons. The van der Waals surface area contributed by atoms with E-state index in [0.29, 0.717) is 0 Å². The predicted molar refractivity (Wildman–Crippen MR) is 59.2 cm³/mol. The fourth-order valence-electron chi connectivity index (χ4n) is 1.32. The van der Waals surface area contributed by atoms with Gasteiger partial charge in [0.15, 0.2) is 0 Å². The van der Waals surface area contributed by atoms with Crippen molar-refractivity contribution in [1.82, 2.24) is 0 Å². The zero-order valence-corrected chi connectivity index (χ0v) is 10.2. The van der Waals surface area contributed by atoms with E-state index in [-0.39, 0.29) is 17.5 Å². The van der Waals surface area contributed by atoms with E-state index in [0.717, 1.165) is 25.7 Å². The molecule has 0 aromatic heterocycles. The molecule has 0 aliphatic carbocycles. The summed E-state index contributed by atoms with van der Waals surface area (Å²) in [5, 5.41) is 0. The second-order valence-electron chi connectivity index (χ2n) is 4.78. The van der Waals surface area contributed by atoms with Gasteiger partial charge in [0, 0.05) is 0 Å². The number of esters is 1. The van der Waals surface area contributed by atoms with Crippen molar-refractivity contribution in [3.05, 3.63) is 0 Å². The van der Waals surface area contributed by atoms with Crippen molar-refractivity contribution < 1.29 is 9.53 Å². The Morgan fingerprint density at radius 2 is 1.86 bits per heavy atom. The van der Waals surface area contributed by atoms with Crippen molar-refractivity contribution in [2.75, 3.05) is 0 Å². The minimum absolute atomic E-state index is 0.0338.